The van der Waals surface area contributed by atoms with E-state index in [9.17, 15) is 0 Å². The molecule has 2 fully saturated rings. The number of nitriles is 1. The summed E-state index contributed by atoms with van der Waals surface area (Å²) in [4.78, 5) is 10.4. The van der Waals surface area contributed by atoms with Gasteiger partial charge in [-0.05, 0) is 25.0 Å². The second kappa shape index (κ2) is 5.91. The van der Waals surface area contributed by atoms with E-state index in [2.05, 4.69) is 36.5 Å². The maximum absolute atomic E-state index is 9.06. The van der Waals surface area contributed by atoms with Crippen LogP contribution in [0.2, 0.25) is 0 Å². The standard InChI is InChI=1S/C17H17N9/c18-7-13-16(20-6-5-19-13)21-8-11-9-25(10-11)15-4-3-14-22-23-17(12-1-2-12)26(14)24-15/h3-6,11-12H,1-2,8-10H2,(H,20,21). The zero-order chi connectivity index (χ0) is 17.5. The van der Waals surface area contributed by atoms with Crippen molar-refractivity contribution in [2.45, 2.75) is 18.8 Å². The van der Waals surface area contributed by atoms with Crippen LogP contribution in [0, 0.1) is 17.2 Å². The lowest BCUT2D eigenvalue weighted by Crippen LogP contribution is -2.50. The molecule has 0 bridgehead atoms. The summed E-state index contributed by atoms with van der Waals surface area (Å²) in [6, 6.07) is 6.03. The van der Waals surface area contributed by atoms with Crippen LogP contribution in [0.5, 0.6) is 0 Å². The third kappa shape index (κ3) is 2.60. The molecule has 1 saturated heterocycles. The number of anilines is 2. The minimum absolute atomic E-state index is 0.330. The first-order valence-corrected chi connectivity index (χ1v) is 8.74. The largest absolute Gasteiger partial charge is 0.367 e. The maximum Gasteiger partial charge on any atom is 0.182 e. The molecule has 26 heavy (non-hydrogen) atoms. The molecule has 9 heteroatoms. The van der Waals surface area contributed by atoms with E-state index in [1.54, 1.807) is 6.20 Å². The van der Waals surface area contributed by atoms with Crippen molar-refractivity contribution in [3.05, 3.63) is 36.0 Å². The summed E-state index contributed by atoms with van der Waals surface area (Å²) in [7, 11) is 0. The van der Waals surface area contributed by atoms with Gasteiger partial charge in [0.05, 0.1) is 0 Å². The van der Waals surface area contributed by atoms with Gasteiger partial charge in [0.25, 0.3) is 0 Å². The molecule has 1 aliphatic heterocycles. The molecular weight excluding hydrogens is 330 g/mol. The second-order valence-corrected chi connectivity index (χ2v) is 6.81. The SMILES string of the molecule is N#Cc1nccnc1NCC1CN(c2ccc3nnc(C4CC4)n3n2)C1. The van der Waals surface area contributed by atoms with E-state index in [-0.39, 0.29) is 0 Å². The highest BCUT2D eigenvalue weighted by Gasteiger charge is 2.31. The third-order valence-corrected chi connectivity index (χ3v) is 4.86. The van der Waals surface area contributed by atoms with Gasteiger partial charge in [-0.25, -0.2) is 9.97 Å². The zero-order valence-electron chi connectivity index (χ0n) is 14.1. The first-order chi connectivity index (χ1) is 12.8. The van der Waals surface area contributed by atoms with Crippen LogP contribution >= 0.6 is 0 Å². The summed E-state index contributed by atoms with van der Waals surface area (Å²) < 4.78 is 1.89. The predicted octanol–water partition coefficient (Wildman–Crippen LogP) is 1.21. The van der Waals surface area contributed by atoms with Crippen LogP contribution in [0.25, 0.3) is 5.65 Å². The normalized spacial score (nSPS) is 17.1. The van der Waals surface area contributed by atoms with Crippen molar-refractivity contribution < 1.29 is 0 Å². The Morgan fingerprint density at radius 3 is 2.81 bits per heavy atom. The molecule has 3 aromatic rings. The highest BCUT2D eigenvalue weighted by Crippen LogP contribution is 2.38. The number of hydrogen-bond donors (Lipinski definition) is 1. The van der Waals surface area contributed by atoms with Crippen LogP contribution in [-0.2, 0) is 0 Å². The van der Waals surface area contributed by atoms with Gasteiger partial charge in [-0.15, -0.1) is 15.3 Å². The molecule has 3 aromatic heterocycles. The van der Waals surface area contributed by atoms with Crippen LogP contribution in [-0.4, -0.2) is 49.4 Å². The molecule has 5 rings (SSSR count). The quantitative estimate of drug-likeness (QED) is 0.734. The minimum Gasteiger partial charge on any atom is -0.367 e. The summed E-state index contributed by atoms with van der Waals surface area (Å²) in [6.07, 6.45) is 5.47. The molecule has 1 N–H and O–H groups in total. The van der Waals surface area contributed by atoms with E-state index in [1.165, 1.54) is 19.0 Å². The molecule has 0 radical (unpaired) electrons. The fraction of sp³-hybridized carbons (Fsp3) is 0.412. The summed E-state index contributed by atoms with van der Waals surface area (Å²) in [5.41, 5.74) is 1.14. The number of nitrogens with one attached hydrogen (secondary N) is 1. The van der Waals surface area contributed by atoms with Gasteiger partial charge in [0.1, 0.15) is 11.9 Å². The Balaban J connectivity index is 1.23. The smallest absolute Gasteiger partial charge is 0.182 e. The van der Waals surface area contributed by atoms with Crippen LogP contribution in [0.3, 0.4) is 0 Å². The van der Waals surface area contributed by atoms with Crippen molar-refractivity contribution in [2.24, 2.45) is 5.92 Å². The fourth-order valence-corrected chi connectivity index (χ4v) is 3.24. The lowest BCUT2D eigenvalue weighted by molar-refractivity contribution is 0.424. The molecule has 9 nitrogen and oxygen atoms in total. The van der Waals surface area contributed by atoms with Crippen molar-refractivity contribution >= 4 is 17.3 Å². The summed E-state index contributed by atoms with van der Waals surface area (Å²) >= 11 is 0. The molecule has 0 unspecified atom stereocenters. The average Bonchev–Trinajstić information content (AvgIpc) is 3.40. The van der Waals surface area contributed by atoms with Gasteiger partial charge >= 0.3 is 0 Å². The molecule has 2 aliphatic rings. The molecule has 1 aliphatic carbocycles. The van der Waals surface area contributed by atoms with Crippen LogP contribution in [0.1, 0.15) is 30.3 Å². The number of hydrogen-bond acceptors (Lipinski definition) is 8. The summed E-state index contributed by atoms with van der Waals surface area (Å²) in [5, 5.41) is 25.5. The molecule has 0 spiro atoms. The molecule has 0 atom stereocenters. The van der Waals surface area contributed by atoms with E-state index in [1.807, 2.05) is 16.6 Å². The van der Waals surface area contributed by atoms with Crippen LogP contribution < -0.4 is 10.2 Å². The number of nitrogens with zero attached hydrogens (tertiary/aromatic N) is 8. The maximum atomic E-state index is 9.06. The molecule has 130 valence electrons. The van der Waals surface area contributed by atoms with Gasteiger partial charge in [0, 0.05) is 43.9 Å². The number of fused-ring (bicyclic) bond motifs is 1. The molecule has 0 aromatic carbocycles. The highest BCUT2D eigenvalue weighted by atomic mass is 15.4. The van der Waals surface area contributed by atoms with Gasteiger partial charge < -0.3 is 10.2 Å². The molecule has 1 saturated carbocycles. The van der Waals surface area contributed by atoms with Crippen molar-refractivity contribution in [3.63, 3.8) is 0 Å². The Labute approximate surface area is 149 Å². The first kappa shape index (κ1) is 15.0. The number of rotatable bonds is 5. The average molecular weight is 347 g/mol. The van der Waals surface area contributed by atoms with Gasteiger partial charge in [-0.3, -0.25) is 0 Å². The molecule has 0 amide bonds. The van der Waals surface area contributed by atoms with E-state index in [4.69, 9.17) is 10.4 Å². The highest BCUT2D eigenvalue weighted by molar-refractivity contribution is 5.49. The first-order valence-electron chi connectivity index (χ1n) is 8.74. The molecular formula is C17H17N9. The molecule has 4 heterocycles. The monoisotopic (exact) mass is 347 g/mol. The Morgan fingerprint density at radius 2 is 2.00 bits per heavy atom. The van der Waals surface area contributed by atoms with E-state index in [0.29, 0.717) is 23.3 Å². The second-order valence-electron chi connectivity index (χ2n) is 6.81. The van der Waals surface area contributed by atoms with Gasteiger partial charge in [0.15, 0.2) is 23.0 Å². The van der Waals surface area contributed by atoms with Crippen molar-refractivity contribution in [1.82, 2.24) is 29.8 Å². The van der Waals surface area contributed by atoms with E-state index in [0.717, 1.165) is 36.9 Å². The summed E-state index contributed by atoms with van der Waals surface area (Å²) in [6.45, 7) is 2.58. The zero-order valence-corrected chi connectivity index (χ0v) is 14.1. The van der Waals surface area contributed by atoms with Crippen molar-refractivity contribution in [1.29, 1.82) is 5.26 Å². The lowest BCUT2D eigenvalue weighted by atomic mass is 10.0. The topological polar surface area (TPSA) is 108 Å². The Hall–Kier alpha value is -3.28. The summed E-state index contributed by atoms with van der Waals surface area (Å²) in [5.74, 6) is 3.47. The van der Waals surface area contributed by atoms with E-state index >= 15 is 0 Å². The Kier molecular flexibility index (Phi) is 3.41. The Bertz CT molecular complexity index is 995. The van der Waals surface area contributed by atoms with Crippen LogP contribution in [0.4, 0.5) is 11.6 Å². The lowest BCUT2D eigenvalue weighted by Gasteiger charge is -2.40. The number of aromatic nitrogens is 6. The van der Waals surface area contributed by atoms with Gasteiger partial charge in [-0.1, -0.05) is 0 Å². The van der Waals surface area contributed by atoms with Crippen molar-refractivity contribution in [2.75, 3.05) is 29.9 Å². The predicted molar refractivity (Wildman–Crippen MR) is 93.7 cm³/mol. The minimum atomic E-state index is 0.330. The van der Waals surface area contributed by atoms with Gasteiger partial charge in [-0.2, -0.15) is 9.78 Å². The van der Waals surface area contributed by atoms with Gasteiger partial charge in [0.2, 0.25) is 0 Å². The van der Waals surface area contributed by atoms with Crippen molar-refractivity contribution in [3.8, 4) is 6.07 Å². The van der Waals surface area contributed by atoms with Crippen LogP contribution in [0.15, 0.2) is 24.5 Å². The van der Waals surface area contributed by atoms with E-state index < -0.39 is 0 Å². The Morgan fingerprint density at radius 1 is 1.15 bits per heavy atom. The third-order valence-electron chi connectivity index (χ3n) is 4.86. The fourth-order valence-electron chi connectivity index (χ4n) is 3.24.